The van der Waals surface area contributed by atoms with Crippen LogP contribution in [-0.4, -0.2) is 54.4 Å². The summed E-state index contributed by atoms with van der Waals surface area (Å²) in [4.78, 5) is 18.9. The fraction of sp³-hybridized carbons (Fsp3) is 0.458. The van der Waals surface area contributed by atoms with Crippen molar-refractivity contribution in [2.75, 3.05) is 38.0 Å². The number of piperidine rings is 2. The summed E-state index contributed by atoms with van der Waals surface area (Å²) < 4.78 is 0. The molecule has 3 heterocycles. The molecule has 8 heteroatoms. The van der Waals surface area contributed by atoms with E-state index in [4.69, 9.17) is 17.0 Å². The van der Waals surface area contributed by atoms with E-state index in [-0.39, 0.29) is 11.8 Å². The lowest BCUT2D eigenvalue weighted by Gasteiger charge is -2.34. The van der Waals surface area contributed by atoms with Crippen molar-refractivity contribution < 1.29 is 4.79 Å². The zero-order chi connectivity index (χ0) is 22.3. The highest BCUT2D eigenvalue weighted by atomic mass is 35.5. The maximum absolute atomic E-state index is 12.6. The third-order valence-electron chi connectivity index (χ3n) is 6.41. The molecule has 2 aliphatic rings. The summed E-state index contributed by atoms with van der Waals surface area (Å²) in [5.74, 6) is 1.25. The molecule has 2 fully saturated rings. The molecular weight excluding hydrogens is 424 g/mol. The fourth-order valence-corrected chi connectivity index (χ4v) is 4.53. The molecule has 2 aromatic rings. The first kappa shape index (κ1) is 22.6. The van der Waals surface area contributed by atoms with E-state index < -0.39 is 0 Å². The number of amides is 1. The van der Waals surface area contributed by atoms with Crippen LogP contribution < -0.4 is 16.0 Å². The third kappa shape index (κ3) is 5.78. The van der Waals surface area contributed by atoms with Crippen molar-refractivity contribution >= 4 is 34.7 Å². The second-order valence-electron chi connectivity index (χ2n) is 8.60. The first-order valence-electron chi connectivity index (χ1n) is 11.4. The van der Waals surface area contributed by atoms with Gasteiger partial charge in [-0.1, -0.05) is 11.6 Å². The van der Waals surface area contributed by atoms with Gasteiger partial charge in [0.2, 0.25) is 5.91 Å². The predicted molar refractivity (Wildman–Crippen MR) is 129 cm³/mol. The summed E-state index contributed by atoms with van der Waals surface area (Å²) in [5.41, 5.74) is 2.46. The molecule has 32 heavy (non-hydrogen) atoms. The van der Waals surface area contributed by atoms with Crippen LogP contribution in [0.2, 0.25) is 5.02 Å². The molecule has 4 N–H and O–H groups in total. The molecule has 1 amide bonds. The quantitative estimate of drug-likeness (QED) is 0.395. The van der Waals surface area contributed by atoms with Gasteiger partial charge in [0, 0.05) is 48.0 Å². The summed E-state index contributed by atoms with van der Waals surface area (Å²) in [6, 6.07) is 9.31. The van der Waals surface area contributed by atoms with Crippen molar-refractivity contribution in [2.24, 2.45) is 11.8 Å². The van der Waals surface area contributed by atoms with Crippen LogP contribution in [0.1, 0.15) is 31.2 Å². The van der Waals surface area contributed by atoms with Crippen LogP contribution in [0.5, 0.6) is 0 Å². The van der Waals surface area contributed by atoms with E-state index >= 15 is 0 Å². The number of halogens is 1. The van der Waals surface area contributed by atoms with Gasteiger partial charge in [-0.2, -0.15) is 0 Å². The van der Waals surface area contributed by atoms with Crippen LogP contribution in [0.4, 0.5) is 11.4 Å². The standard InChI is InChI=1S/C24H31ClN6O/c25-19-1-3-20(4-2-19)30-22-16-28-12-7-21(22)23(26)31-13-8-18(9-14-31)24(32)29-15-17-5-10-27-11-6-17/h1-4,7,12,16-18,26-27,30H,5-6,8-11,13-15H2,(H,29,32). The van der Waals surface area contributed by atoms with Crippen molar-refractivity contribution in [1.29, 1.82) is 5.41 Å². The number of pyridine rings is 1. The Hall–Kier alpha value is -2.64. The van der Waals surface area contributed by atoms with Crippen LogP contribution >= 0.6 is 11.6 Å². The highest BCUT2D eigenvalue weighted by Crippen LogP contribution is 2.25. The number of nitrogens with zero attached hydrogens (tertiary/aromatic N) is 2. The SMILES string of the molecule is N=C(c1ccncc1Nc1ccc(Cl)cc1)N1CCC(C(=O)NCC2CCNCC2)CC1. The molecule has 0 spiro atoms. The van der Waals surface area contributed by atoms with E-state index in [2.05, 4.69) is 25.8 Å². The van der Waals surface area contributed by atoms with E-state index in [1.54, 1.807) is 12.4 Å². The summed E-state index contributed by atoms with van der Waals surface area (Å²) >= 11 is 5.98. The molecule has 2 aliphatic heterocycles. The van der Waals surface area contributed by atoms with Gasteiger partial charge in [-0.05, 0) is 75.0 Å². The van der Waals surface area contributed by atoms with Gasteiger partial charge in [0.25, 0.3) is 0 Å². The molecule has 2 saturated heterocycles. The zero-order valence-corrected chi connectivity index (χ0v) is 19.0. The summed E-state index contributed by atoms with van der Waals surface area (Å²) in [6.07, 6.45) is 7.25. The minimum atomic E-state index is 0.0323. The molecule has 0 atom stereocenters. The van der Waals surface area contributed by atoms with Crippen molar-refractivity contribution in [1.82, 2.24) is 20.5 Å². The number of amidine groups is 1. The smallest absolute Gasteiger partial charge is 0.223 e. The first-order chi connectivity index (χ1) is 15.6. The molecule has 0 radical (unpaired) electrons. The topological polar surface area (TPSA) is 93.1 Å². The molecule has 170 valence electrons. The Bertz CT molecular complexity index is 920. The maximum atomic E-state index is 12.6. The summed E-state index contributed by atoms with van der Waals surface area (Å²) in [5, 5.41) is 19.3. The minimum absolute atomic E-state index is 0.0323. The van der Waals surface area contributed by atoms with E-state index in [9.17, 15) is 4.79 Å². The lowest BCUT2D eigenvalue weighted by molar-refractivity contribution is -0.126. The van der Waals surface area contributed by atoms with Gasteiger partial charge in [0.1, 0.15) is 5.84 Å². The number of rotatable bonds is 6. The predicted octanol–water partition coefficient (Wildman–Crippen LogP) is 3.63. The number of anilines is 2. The Kier molecular flexibility index (Phi) is 7.60. The second-order valence-corrected chi connectivity index (χ2v) is 9.04. The molecule has 0 bridgehead atoms. The van der Waals surface area contributed by atoms with Gasteiger partial charge in [0.15, 0.2) is 0 Å². The van der Waals surface area contributed by atoms with E-state index in [0.717, 1.165) is 62.3 Å². The molecule has 0 aliphatic carbocycles. The van der Waals surface area contributed by atoms with Crippen LogP contribution in [0.25, 0.3) is 0 Å². The molecule has 0 saturated carbocycles. The number of carbonyl (C=O) groups is 1. The van der Waals surface area contributed by atoms with Gasteiger partial charge >= 0.3 is 0 Å². The molecule has 0 unspecified atom stereocenters. The molecule has 1 aromatic carbocycles. The molecular formula is C24H31ClN6O. The van der Waals surface area contributed by atoms with E-state index in [1.165, 1.54) is 0 Å². The highest BCUT2D eigenvalue weighted by Gasteiger charge is 2.27. The van der Waals surface area contributed by atoms with Crippen molar-refractivity contribution in [3.05, 3.63) is 53.3 Å². The number of likely N-dealkylation sites (tertiary alicyclic amines) is 1. The summed E-state index contributed by atoms with van der Waals surface area (Å²) in [7, 11) is 0. The monoisotopic (exact) mass is 454 g/mol. The van der Waals surface area contributed by atoms with Gasteiger partial charge in [0.05, 0.1) is 11.9 Å². The Morgan fingerprint density at radius 1 is 1.12 bits per heavy atom. The average molecular weight is 455 g/mol. The lowest BCUT2D eigenvalue weighted by Crippen LogP contribution is -2.44. The zero-order valence-electron chi connectivity index (χ0n) is 18.2. The van der Waals surface area contributed by atoms with Crippen molar-refractivity contribution in [2.45, 2.75) is 25.7 Å². The van der Waals surface area contributed by atoms with Gasteiger partial charge in [-0.15, -0.1) is 0 Å². The Morgan fingerprint density at radius 3 is 2.56 bits per heavy atom. The van der Waals surface area contributed by atoms with Crippen molar-refractivity contribution in [3.63, 3.8) is 0 Å². The Labute approximate surface area is 194 Å². The maximum Gasteiger partial charge on any atom is 0.223 e. The first-order valence-corrected chi connectivity index (χ1v) is 11.8. The van der Waals surface area contributed by atoms with Crippen LogP contribution in [-0.2, 0) is 4.79 Å². The number of hydrogen-bond donors (Lipinski definition) is 4. The number of carbonyl (C=O) groups excluding carboxylic acids is 1. The third-order valence-corrected chi connectivity index (χ3v) is 6.66. The number of aromatic nitrogens is 1. The number of nitrogens with one attached hydrogen (secondary N) is 4. The average Bonchev–Trinajstić information content (AvgIpc) is 2.84. The normalized spacial score (nSPS) is 17.7. The molecule has 4 rings (SSSR count). The molecule has 7 nitrogen and oxygen atoms in total. The minimum Gasteiger partial charge on any atom is -0.356 e. The number of benzene rings is 1. The van der Waals surface area contributed by atoms with Gasteiger partial charge < -0.3 is 20.9 Å². The fourth-order valence-electron chi connectivity index (χ4n) is 4.40. The van der Waals surface area contributed by atoms with E-state index in [1.807, 2.05) is 30.3 Å². The molecule has 1 aromatic heterocycles. The summed E-state index contributed by atoms with van der Waals surface area (Å²) in [6.45, 7) is 4.28. The lowest BCUT2D eigenvalue weighted by atomic mass is 9.94. The van der Waals surface area contributed by atoms with Crippen LogP contribution in [0.3, 0.4) is 0 Å². The highest BCUT2D eigenvalue weighted by molar-refractivity contribution is 6.30. The van der Waals surface area contributed by atoms with Crippen molar-refractivity contribution in [3.8, 4) is 0 Å². The Morgan fingerprint density at radius 2 is 1.84 bits per heavy atom. The van der Waals surface area contributed by atoms with Gasteiger partial charge in [-0.3, -0.25) is 15.2 Å². The van der Waals surface area contributed by atoms with Gasteiger partial charge in [-0.25, -0.2) is 0 Å². The number of hydrogen-bond acceptors (Lipinski definition) is 5. The van der Waals surface area contributed by atoms with E-state index in [0.29, 0.717) is 29.9 Å². The Balaban J connectivity index is 1.31. The van der Waals surface area contributed by atoms with Crippen LogP contribution in [0.15, 0.2) is 42.7 Å². The second kappa shape index (κ2) is 10.8. The largest absolute Gasteiger partial charge is 0.356 e. The van der Waals surface area contributed by atoms with Crippen LogP contribution in [0, 0.1) is 17.2 Å².